The van der Waals surface area contributed by atoms with Crippen molar-refractivity contribution in [3.8, 4) is 0 Å². The summed E-state index contributed by atoms with van der Waals surface area (Å²) in [6.07, 6.45) is 7.96. The highest BCUT2D eigenvalue weighted by molar-refractivity contribution is 7.78. The number of aliphatic hydroxyl groups is 4. The summed E-state index contributed by atoms with van der Waals surface area (Å²) in [6.45, 7) is 4.07. The molecule has 3 aromatic heterocycles. The molecule has 4 heterocycles. The van der Waals surface area contributed by atoms with Crippen LogP contribution < -0.4 is 5.73 Å². The standard InChI is InChI=1S/C45H56N8O9S/c1-29(22-52(24-33-6-2-10-38(48-33)42(54)55)25-34-7-3-11-39(49-34)43(56)57)20-37(62-19-18-30-14-16-32(17-15-30)47-28-63)21-31(46)23-53(26-35-8-4-12-40(50-35)44(58)59)27-36-9-5-13-41(51-36)45(60)61/h2,4-10,12-13,20-21,29-30,32,43-44,56-59H,3,11,14-19,22-27,46H2,1H3,(H,54,55)(H,60,61)/b31-21-,37-20+. The van der Waals surface area contributed by atoms with Crippen molar-refractivity contribution in [1.29, 1.82) is 0 Å². The van der Waals surface area contributed by atoms with Gasteiger partial charge < -0.3 is 41.1 Å². The topological polar surface area (TPSA) is 261 Å². The van der Waals surface area contributed by atoms with Gasteiger partial charge in [0.1, 0.15) is 17.1 Å². The molecule has 0 aromatic carbocycles. The first-order valence-corrected chi connectivity index (χ1v) is 21.3. The van der Waals surface area contributed by atoms with E-state index in [1.165, 1.54) is 18.2 Å². The van der Waals surface area contributed by atoms with Gasteiger partial charge in [-0.1, -0.05) is 31.2 Å². The number of aliphatic imine (C=N–C) groups is 2. The van der Waals surface area contributed by atoms with Gasteiger partial charge in [0.25, 0.3) is 0 Å². The van der Waals surface area contributed by atoms with E-state index in [2.05, 4.69) is 35.0 Å². The molecule has 1 saturated carbocycles. The van der Waals surface area contributed by atoms with Gasteiger partial charge in [0, 0.05) is 45.0 Å². The Bertz CT molecular complexity index is 2200. The van der Waals surface area contributed by atoms with Gasteiger partial charge in [0.2, 0.25) is 0 Å². The minimum atomic E-state index is -1.77. The highest BCUT2D eigenvalue weighted by Crippen LogP contribution is 2.29. The maximum absolute atomic E-state index is 11.7. The van der Waals surface area contributed by atoms with Crippen LogP contribution in [0.2, 0.25) is 0 Å². The monoisotopic (exact) mass is 884 g/mol. The molecular formula is C45H56N8O9S. The Hall–Kier alpha value is -5.56. The second-order valence-corrected chi connectivity index (χ2v) is 16.1. The van der Waals surface area contributed by atoms with E-state index in [-0.39, 0.29) is 60.9 Å². The van der Waals surface area contributed by atoms with Gasteiger partial charge in [0.15, 0.2) is 12.6 Å². The van der Waals surface area contributed by atoms with E-state index < -0.39 is 24.5 Å². The number of aliphatic hydroxyl groups excluding tert-OH is 2. The normalized spacial score (nSPS) is 17.7. The second kappa shape index (κ2) is 24.3. The number of isothiocyanates is 1. The zero-order valence-corrected chi connectivity index (χ0v) is 36.1. The molecule has 336 valence electrons. The number of aromatic carboxylic acids is 2. The maximum atomic E-state index is 11.7. The van der Waals surface area contributed by atoms with E-state index in [0.717, 1.165) is 32.1 Å². The molecule has 1 atom stereocenters. The fraction of sp³-hybridized carbons (Fsp3) is 0.444. The number of pyridine rings is 3. The van der Waals surface area contributed by atoms with Crippen LogP contribution in [-0.2, 0) is 24.4 Å². The SMILES string of the molecule is CC(/C=C(\C=C(/N)CN(Cc1cccc(C(=O)O)n1)Cc1cccc(C(O)O)n1)OCCC1CCC(N=C=S)CC1)CN(CC1=CCCC(C(O)O)=N1)Cc1cccc(C(=O)O)n1. The molecule has 3 aromatic rings. The van der Waals surface area contributed by atoms with Gasteiger partial charge in [-0.2, -0.15) is 0 Å². The van der Waals surface area contributed by atoms with Gasteiger partial charge in [-0.3, -0.25) is 19.8 Å². The highest BCUT2D eigenvalue weighted by atomic mass is 32.1. The lowest BCUT2D eigenvalue weighted by Gasteiger charge is -2.27. The van der Waals surface area contributed by atoms with E-state index in [9.17, 15) is 40.2 Å². The van der Waals surface area contributed by atoms with E-state index >= 15 is 0 Å². The average molecular weight is 885 g/mol. The summed E-state index contributed by atoms with van der Waals surface area (Å²) in [5, 5.41) is 60.9. The summed E-state index contributed by atoms with van der Waals surface area (Å²) >= 11 is 4.82. The molecule has 0 radical (unpaired) electrons. The van der Waals surface area contributed by atoms with Crippen LogP contribution in [0.5, 0.6) is 0 Å². The number of thiocarbonyl (C=S) groups is 1. The molecular weight excluding hydrogens is 829 g/mol. The summed E-state index contributed by atoms with van der Waals surface area (Å²) in [4.78, 5) is 49.3. The Morgan fingerprint density at radius 2 is 1.48 bits per heavy atom. The minimum Gasteiger partial charge on any atom is -0.494 e. The van der Waals surface area contributed by atoms with Crippen molar-refractivity contribution in [3.05, 3.63) is 124 Å². The molecule has 2 aliphatic rings. The number of ether oxygens (including phenoxy) is 1. The maximum Gasteiger partial charge on any atom is 0.354 e. The number of aromatic nitrogens is 3. The molecule has 1 aliphatic heterocycles. The van der Waals surface area contributed by atoms with Crippen LogP contribution in [-0.4, -0.2) is 117 Å². The number of nitrogens with zero attached hydrogens (tertiary/aromatic N) is 7. The first kappa shape index (κ1) is 48.5. The van der Waals surface area contributed by atoms with Gasteiger partial charge in [-0.15, -0.1) is 0 Å². The van der Waals surface area contributed by atoms with Crippen molar-refractivity contribution in [1.82, 2.24) is 24.8 Å². The molecule has 0 saturated heterocycles. The summed E-state index contributed by atoms with van der Waals surface area (Å²) in [7, 11) is 0. The van der Waals surface area contributed by atoms with Gasteiger partial charge in [-0.05, 0) is 118 Å². The Kier molecular flexibility index (Phi) is 18.7. The molecule has 1 fully saturated rings. The summed E-state index contributed by atoms with van der Waals surface area (Å²) in [6, 6.07) is 14.7. The van der Waals surface area contributed by atoms with E-state index in [0.29, 0.717) is 72.7 Å². The fourth-order valence-electron chi connectivity index (χ4n) is 7.68. The lowest BCUT2D eigenvalue weighted by atomic mass is 9.84. The Morgan fingerprint density at radius 1 is 0.873 bits per heavy atom. The molecule has 0 amide bonds. The average Bonchev–Trinajstić information content (AvgIpc) is 3.24. The molecule has 1 unspecified atom stereocenters. The minimum absolute atomic E-state index is 0.0759. The Morgan fingerprint density at radius 3 is 2.06 bits per heavy atom. The number of carbonyl (C=O) groups is 2. The van der Waals surface area contributed by atoms with Gasteiger partial charge >= 0.3 is 11.9 Å². The van der Waals surface area contributed by atoms with Crippen LogP contribution in [0.3, 0.4) is 0 Å². The van der Waals surface area contributed by atoms with E-state index in [1.54, 1.807) is 42.5 Å². The molecule has 0 bridgehead atoms. The van der Waals surface area contributed by atoms with Crippen molar-refractivity contribution >= 4 is 35.0 Å². The summed E-state index contributed by atoms with van der Waals surface area (Å²) < 4.78 is 6.50. The summed E-state index contributed by atoms with van der Waals surface area (Å²) in [5.74, 6) is -1.49. The lowest BCUT2D eigenvalue weighted by Crippen LogP contribution is -2.31. The van der Waals surface area contributed by atoms with Crippen molar-refractivity contribution in [2.75, 3.05) is 26.2 Å². The predicted molar refractivity (Wildman–Crippen MR) is 237 cm³/mol. The van der Waals surface area contributed by atoms with E-state index in [4.69, 9.17) is 22.7 Å². The molecule has 5 rings (SSSR count). The van der Waals surface area contributed by atoms with Crippen LogP contribution in [0.15, 0.2) is 100.0 Å². The molecule has 17 nitrogen and oxygen atoms in total. The first-order valence-electron chi connectivity index (χ1n) is 20.9. The quantitative estimate of drug-likeness (QED) is 0.0225. The van der Waals surface area contributed by atoms with Crippen LogP contribution in [0, 0.1) is 11.8 Å². The van der Waals surface area contributed by atoms with E-state index in [1.807, 2.05) is 24.0 Å². The smallest absolute Gasteiger partial charge is 0.354 e. The van der Waals surface area contributed by atoms with Gasteiger partial charge in [-0.25, -0.2) is 24.5 Å². The third-order valence-electron chi connectivity index (χ3n) is 10.6. The Labute approximate surface area is 371 Å². The number of carboxylic acid groups (broad SMARTS) is 2. The number of nitrogens with two attached hydrogens (primary N) is 1. The van der Waals surface area contributed by atoms with Crippen molar-refractivity contribution in [3.63, 3.8) is 0 Å². The fourth-order valence-corrected chi connectivity index (χ4v) is 7.83. The zero-order valence-electron chi connectivity index (χ0n) is 35.2. The van der Waals surface area contributed by atoms with Crippen molar-refractivity contribution in [2.45, 2.75) is 90.1 Å². The number of hydrogen-bond donors (Lipinski definition) is 7. The summed E-state index contributed by atoms with van der Waals surface area (Å²) in [5.41, 5.74) is 9.59. The van der Waals surface area contributed by atoms with Gasteiger partial charge in [0.05, 0.1) is 52.0 Å². The number of rotatable bonds is 23. The largest absolute Gasteiger partial charge is 0.494 e. The second-order valence-electron chi connectivity index (χ2n) is 15.9. The number of allylic oxidation sites excluding steroid dienone is 2. The highest BCUT2D eigenvalue weighted by Gasteiger charge is 2.22. The van der Waals surface area contributed by atoms with Crippen LogP contribution in [0.4, 0.5) is 0 Å². The van der Waals surface area contributed by atoms with Crippen LogP contribution in [0.1, 0.15) is 102 Å². The molecule has 63 heavy (non-hydrogen) atoms. The van der Waals surface area contributed by atoms with Crippen molar-refractivity contribution < 1.29 is 45.0 Å². The predicted octanol–water partition coefficient (Wildman–Crippen LogP) is 4.62. The first-order chi connectivity index (χ1) is 30.2. The van der Waals surface area contributed by atoms with Crippen molar-refractivity contribution in [2.24, 2.45) is 27.6 Å². The van der Waals surface area contributed by atoms with Crippen LogP contribution in [0.25, 0.3) is 0 Å². The third-order valence-corrected chi connectivity index (χ3v) is 10.7. The number of hydrogen-bond acceptors (Lipinski definition) is 16. The molecule has 1 aliphatic carbocycles. The third kappa shape index (κ3) is 16.3. The Balaban J connectivity index is 1.42. The van der Waals surface area contributed by atoms with Crippen LogP contribution >= 0.6 is 12.2 Å². The zero-order chi connectivity index (χ0) is 45.3. The number of carboxylic acids is 2. The molecule has 8 N–H and O–H groups in total. The molecule has 18 heteroatoms. The lowest BCUT2D eigenvalue weighted by molar-refractivity contribution is -0.0460. The molecule has 0 spiro atoms.